The summed E-state index contributed by atoms with van der Waals surface area (Å²) in [4.78, 5) is 12.7. The molecule has 0 bridgehead atoms. The number of hydrogen-bond donors (Lipinski definition) is 1. The van der Waals surface area contributed by atoms with Crippen LogP contribution in [0.2, 0.25) is 10.0 Å². The van der Waals surface area contributed by atoms with Crippen LogP contribution in [-0.2, 0) is 6.54 Å². The first-order valence-electron chi connectivity index (χ1n) is 8.20. The van der Waals surface area contributed by atoms with E-state index < -0.39 is 0 Å². The van der Waals surface area contributed by atoms with Crippen LogP contribution in [0, 0.1) is 0 Å². The van der Waals surface area contributed by atoms with Crippen LogP contribution < -0.4 is 5.32 Å². The molecular weight excluding hydrogens is 371 g/mol. The second-order valence-corrected chi connectivity index (χ2v) is 6.98. The number of halogens is 2. The van der Waals surface area contributed by atoms with Crippen LogP contribution in [0.4, 0.5) is 0 Å². The maximum atomic E-state index is 12.7. The molecule has 0 radical (unpaired) electrons. The molecule has 1 heterocycles. The largest absolute Gasteiger partial charge is 0.346 e. The van der Waals surface area contributed by atoms with E-state index in [2.05, 4.69) is 15.6 Å². The predicted octanol–water partition coefficient (Wildman–Crippen LogP) is 4.63. The zero-order valence-electron chi connectivity index (χ0n) is 14.4. The Labute approximate surface area is 161 Å². The molecule has 5 nitrogen and oxygen atoms in total. The molecule has 0 saturated heterocycles. The lowest BCUT2D eigenvalue weighted by molar-refractivity contribution is 0.0944. The third-order valence-corrected chi connectivity index (χ3v) is 4.56. The van der Waals surface area contributed by atoms with Gasteiger partial charge in [-0.15, -0.1) is 5.10 Å². The van der Waals surface area contributed by atoms with Crippen LogP contribution in [0.1, 0.15) is 41.5 Å². The smallest absolute Gasteiger partial charge is 0.274 e. The predicted molar refractivity (Wildman–Crippen MR) is 103 cm³/mol. The Bertz CT molecular complexity index is 920. The SMILES string of the molecule is CC(C)c1c(C(=O)NCc2ccccc2Cl)nnn1-c1ccc(Cl)cc1. The molecule has 0 spiro atoms. The van der Waals surface area contributed by atoms with Gasteiger partial charge in [0.2, 0.25) is 0 Å². The van der Waals surface area contributed by atoms with Crippen molar-refractivity contribution >= 4 is 29.1 Å². The zero-order chi connectivity index (χ0) is 18.7. The third kappa shape index (κ3) is 3.89. The third-order valence-electron chi connectivity index (χ3n) is 3.94. The normalized spacial score (nSPS) is 11.0. The number of hydrogen-bond acceptors (Lipinski definition) is 3. The van der Waals surface area contributed by atoms with Gasteiger partial charge in [0, 0.05) is 16.6 Å². The van der Waals surface area contributed by atoms with Gasteiger partial charge in [-0.1, -0.05) is 60.5 Å². The fourth-order valence-electron chi connectivity index (χ4n) is 2.64. The highest BCUT2D eigenvalue weighted by molar-refractivity contribution is 6.31. The molecule has 0 aliphatic carbocycles. The standard InChI is InChI=1S/C19H18Cl2N4O/c1-12(2)18-17(19(26)22-11-13-5-3-4-6-16(13)21)23-24-25(18)15-9-7-14(20)8-10-15/h3-10,12H,11H2,1-2H3,(H,22,26). The van der Waals surface area contributed by atoms with Crippen molar-refractivity contribution in [2.24, 2.45) is 0 Å². The van der Waals surface area contributed by atoms with Crippen molar-refractivity contribution in [3.63, 3.8) is 0 Å². The number of nitrogens with one attached hydrogen (secondary N) is 1. The summed E-state index contributed by atoms with van der Waals surface area (Å²) in [7, 11) is 0. The Morgan fingerprint density at radius 2 is 1.81 bits per heavy atom. The first-order valence-corrected chi connectivity index (χ1v) is 8.96. The molecule has 0 atom stereocenters. The molecule has 0 unspecified atom stereocenters. The number of benzene rings is 2. The molecule has 0 aliphatic heterocycles. The van der Waals surface area contributed by atoms with Crippen molar-refractivity contribution in [3.05, 3.63) is 75.5 Å². The van der Waals surface area contributed by atoms with Gasteiger partial charge in [0.05, 0.1) is 11.4 Å². The highest BCUT2D eigenvalue weighted by atomic mass is 35.5. The summed E-state index contributed by atoms with van der Waals surface area (Å²) in [5, 5.41) is 12.4. The van der Waals surface area contributed by atoms with Gasteiger partial charge in [-0.05, 0) is 41.8 Å². The van der Waals surface area contributed by atoms with E-state index in [1.165, 1.54) is 0 Å². The van der Waals surface area contributed by atoms with Crippen molar-refractivity contribution in [3.8, 4) is 5.69 Å². The Hall–Kier alpha value is -2.37. The second kappa shape index (κ2) is 7.89. The van der Waals surface area contributed by atoms with Crippen molar-refractivity contribution in [1.29, 1.82) is 0 Å². The Morgan fingerprint density at radius 3 is 2.46 bits per heavy atom. The van der Waals surface area contributed by atoms with Crippen LogP contribution in [0.15, 0.2) is 48.5 Å². The Kier molecular flexibility index (Phi) is 5.59. The van der Waals surface area contributed by atoms with Gasteiger partial charge in [-0.25, -0.2) is 4.68 Å². The average Bonchev–Trinajstić information content (AvgIpc) is 3.07. The Balaban J connectivity index is 1.86. The molecule has 26 heavy (non-hydrogen) atoms. The van der Waals surface area contributed by atoms with Gasteiger partial charge in [0.25, 0.3) is 5.91 Å². The minimum atomic E-state index is -0.283. The minimum Gasteiger partial charge on any atom is -0.346 e. The number of rotatable bonds is 5. The fourth-order valence-corrected chi connectivity index (χ4v) is 2.97. The van der Waals surface area contributed by atoms with Crippen molar-refractivity contribution in [1.82, 2.24) is 20.3 Å². The zero-order valence-corrected chi connectivity index (χ0v) is 15.9. The first kappa shape index (κ1) is 18.4. The van der Waals surface area contributed by atoms with Gasteiger partial charge in [0.15, 0.2) is 5.69 Å². The van der Waals surface area contributed by atoms with Gasteiger partial charge in [-0.2, -0.15) is 0 Å². The van der Waals surface area contributed by atoms with Crippen LogP contribution >= 0.6 is 23.2 Å². The van der Waals surface area contributed by atoms with E-state index in [1.807, 2.05) is 44.2 Å². The van der Waals surface area contributed by atoms with Gasteiger partial charge in [-0.3, -0.25) is 4.79 Å². The number of amides is 1. The molecule has 1 aromatic heterocycles. The summed E-state index contributed by atoms with van der Waals surface area (Å²) >= 11 is 12.1. The highest BCUT2D eigenvalue weighted by Gasteiger charge is 2.22. The summed E-state index contributed by atoms with van der Waals surface area (Å²) in [6.07, 6.45) is 0. The lowest BCUT2D eigenvalue weighted by atomic mass is 10.1. The quantitative estimate of drug-likeness (QED) is 0.692. The summed E-state index contributed by atoms with van der Waals surface area (Å²) in [5.74, 6) is -0.226. The van der Waals surface area contributed by atoms with Gasteiger partial charge < -0.3 is 5.32 Å². The second-order valence-electron chi connectivity index (χ2n) is 6.14. The minimum absolute atomic E-state index is 0.0572. The van der Waals surface area contributed by atoms with E-state index in [-0.39, 0.29) is 11.8 Å². The lowest BCUT2D eigenvalue weighted by Gasteiger charge is -2.11. The first-order chi connectivity index (χ1) is 12.5. The van der Waals surface area contributed by atoms with Crippen molar-refractivity contribution < 1.29 is 4.79 Å². The molecule has 0 aliphatic rings. The summed E-state index contributed by atoms with van der Waals surface area (Å²) < 4.78 is 1.67. The van der Waals surface area contributed by atoms with Crippen LogP contribution in [0.3, 0.4) is 0 Å². The lowest BCUT2D eigenvalue weighted by Crippen LogP contribution is -2.25. The number of aromatic nitrogens is 3. The maximum absolute atomic E-state index is 12.7. The molecule has 7 heteroatoms. The van der Waals surface area contributed by atoms with Gasteiger partial charge >= 0.3 is 0 Å². The Morgan fingerprint density at radius 1 is 1.12 bits per heavy atom. The van der Waals surface area contributed by atoms with Crippen molar-refractivity contribution in [2.75, 3.05) is 0 Å². The fraction of sp³-hybridized carbons (Fsp3) is 0.211. The molecular formula is C19H18Cl2N4O. The van der Waals surface area contributed by atoms with E-state index in [4.69, 9.17) is 23.2 Å². The number of nitrogens with zero attached hydrogens (tertiary/aromatic N) is 3. The highest BCUT2D eigenvalue weighted by Crippen LogP contribution is 2.23. The van der Waals surface area contributed by atoms with Gasteiger partial charge in [0.1, 0.15) is 0 Å². The molecule has 2 aromatic carbocycles. The summed E-state index contributed by atoms with van der Waals surface area (Å²) in [5.41, 5.74) is 2.69. The number of carbonyl (C=O) groups excluding carboxylic acids is 1. The molecule has 3 rings (SSSR count). The van der Waals surface area contributed by atoms with Crippen LogP contribution in [0.25, 0.3) is 5.69 Å². The van der Waals surface area contributed by atoms with Crippen molar-refractivity contribution in [2.45, 2.75) is 26.3 Å². The average molecular weight is 389 g/mol. The topological polar surface area (TPSA) is 59.8 Å². The van der Waals surface area contributed by atoms with Crippen LogP contribution in [-0.4, -0.2) is 20.9 Å². The molecule has 0 fully saturated rings. The molecule has 0 saturated carbocycles. The molecule has 1 N–H and O–H groups in total. The van der Waals surface area contributed by atoms with E-state index in [0.717, 1.165) is 16.9 Å². The summed E-state index contributed by atoms with van der Waals surface area (Å²) in [6.45, 7) is 4.32. The molecule has 134 valence electrons. The monoisotopic (exact) mass is 388 g/mol. The van der Waals surface area contributed by atoms with E-state index in [0.29, 0.717) is 22.3 Å². The van der Waals surface area contributed by atoms with Crippen LogP contribution in [0.5, 0.6) is 0 Å². The van der Waals surface area contributed by atoms with E-state index in [9.17, 15) is 4.79 Å². The number of carbonyl (C=O) groups is 1. The maximum Gasteiger partial charge on any atom is 0.274 e. The van der Waals surface area contributed by atoms with E-state index >= 15 is 0 Å². The summed E-state index contributed by atoms with van der Waals surface area (Å²) in [6, 6.07) is 14.6. The van der Waals surface area contributed by atoms with E-state index in [1.54, 1.807) is 22.9 Å². The molecule has 3 aromatic rings. The molecule has 1 amide bonds.